The normalized spacial score (nSPS) is 18.8. The average Bonchev–Trinajstić information content (AvgIpc) is 2.73. The highest BCUT2D eigenvalue weighted by atomic mass is 16.2. The smallest absolute Gasteiger partial charge is 0.229 e. The second-order valence-electron chi connectivity index (χ2n) is 5.84. The van der Waals surface area contributed by atoms with Crippen LogP contribution in [0.4, 0.5) is 5.69 Å². The van der Waals surface area contributed by atoms with Gasteiger partial charge in [-0.1, -0.05) is 19.9 Å². The van der Waals surface area contributed by atoms with Crippen molar-refractivity contribution in [3.05, 3.63) is 29.3 Å². The summed E-state index contributed by atoms with van der Waals surface area (Å²) in [5.74, 6) is 0.0211. The van der Waals surface area contributed by atoms with Crippen LogP contribution in [0.25, 0.3) is 0 Å². The predicted octanol–water partition coefficient (Wildman–Crippen LogP) is 2.18. The summed E-state index contributed by atoms with van der Waals surface area (Å²) in [6, 6.07) is 5.93. The molecule has 1 atom stereocenters. The average molecular weight is 274 g/mol. The number of rotatable bonds is 3. The summed E-state index contributed by atoms with van der Waals surface area (Å²) in [4.78, 5) is 25.6. The Labute approximate surface area is 120 Å². The minimum atomic E-state index is -0.0843. The van der Waals surface area contributed by atoms with Gasteiger partial charge in [0.15, 0.2) is 0 Å². The van der Waals surface area contributed by atoms with Gasteiger partial charge in [-0.2, -0.15) is 0 Å². The number of carbonyl (C=O) groups excluding carboxylic acids is 2. The predicted molar refractivity (Wildman–Crippen MR) is 79.7 cm³/mol. The van der Waals surface area contributed by atoms with Crippen molar-refractivity contribution in [2.45, 2.75) is 40.2 Å². The van der Waals surface area contributed by atoms with Crippen LogP contribution in [0, 0.1) is 19.8 Å². The van der Waals surface area contributed by atoms with Crippen molar-refractivity contribution in [1.29, 1.82) is 0 Å². The lowest BCUT2D eigenvalue weighted by Crippen LogP contribution is -2.39. The number of hydrogen-bond donors (Lipinski definition) is 1. The van der Waals surface area contributed by atoms with E-state index in [1.165, 1.54) is 11.1 Å². The number of anilines is 1. The molecule has 4 heteroatoms. The molecule has 1 saturated heterocycles. The number of benzene rings is 1. The Balaban J connectivity index is 2.09. The van der Waals surface area contributed by atoms with Crippen molar-refractivity contribution in [3.8, 4) is 0 Å². The number of hydrogen-bond acceptors (Lipinski definition) is 2. The van der Waals surface area contributed by atoms with Crippen LogP contribution in [-0.2, 0) is 9.59 Å². The van der Waals surface area contributed by atoms with Gasteiger partial charge in [-0.15, -0.1) is 0 Å². The Morgan fingerprint density at radius 3 is 2.60 bits per heavy atom. The SMILES string of the molecule is Cc1ccc(N2CC(NC(=O)C(C)C)CC2=O)cc1C. The molecule has 1 heterocycles. The summed E-state index contributed by atoms with van der Waals surface area (Å²) >= 11 is 0. The van der Waals surface area contributed by atoms with Crippen LogP contribution in [0.5, 0.6) is 0 Å². The molecule has 108 valence electrons. The van der Waals surface area contributed by atoms with E-state index in [9.17, 15) is 9.59 Å². The van der Waals surface area contributed by atoms with Gasteiger partial charge in [0.1, 0.15) is 0 Å². The van der Waals surface area contributed by atoms with Crippen molar-refractivity contribution in [3.63, 3.8) is 0 Å². The first-order valence-electron chi connectivity index (χ1n) is 7.06. The zero-order chi connectivity index (χ0) is 14.9. The maximum atomic E-state index is 12.1. The van der Waals surface area contributed by atoms with E-state index >= 15 is 0 Å². The number of nitrogens with zero attached hydrogens (tertiary/aromatic N) is 1. The van der Waals surface area contributed by atoms with Crippen molar-refractivity contribution in [1.82, 2.24) is 5.32 Å². The molecule has 0 aromatic heterocycles. The third-order valence-electron chi connectivity index (χ3n) is 3.80. The van der Waals surface area contributed by atoms with Crippen molar-refractivity contribution in [2.24, 2.45) is 5.92 Å². The van der Waals surface area contributed by atoms with Crippen LogP contribution in [0.2, 0.25) is 0 Å². The summed E-state index contributed by atoms with van der Waals surface area (Å²) in [5.41, 5.74) is 3.30. The lowest BCUT2D eigenvalue weighted by molar-refractivity contribution is -0.124. The first-order valence-corrected chi connectivity index (χ1v) is 7.06. The molecule has 0 radical (unpaired) electrons. The van der Waals surface area contributed by atoms with Gasteiger partial charge in [0.25, 0.3) is 0 Å². The monoisotopic (exact) mass is 274 g/mol. The molecule has 1 fully saturated rings. The second kappa shape index (κ2) is 5.65. The largest absolute Gasteiger partial charge is 0.351 e. The van der Waals surface area contributed by atoms with Crippen molar-refractivity contribution < 1.29 is 9.59 Å². The number of amides is 2. The fraction of sp³-hybridized carbons (Fsp3) is 0.500. The van der Waals surface area contributed by atoms with Crippen LogP contribution in [-0.4, -0.2) is 24.4 Å². The molecule has 2 amide bonds. The van der Waals surface area contributed by atoms with Gasteiger partial charge in [0, 0.05) is 24.6 Å². The van der Waals surface area contributed by atoms with Crippen LogP contribution >= 0.6 is 0 Å². The van der Waals surface area contributed by atoms with E-state index in [0.29, 0.717) is 13.0 Å². The van der Waals surface area contributed by atoms with E-state index in [1.807, 2.05) is 39.0 Å². The van der Waals surface area contributed by atoms with Crippen LogP contribution in [0.15, 0.2) is 18.2 Å². The zero-order valence-electron chi connectivity index (χ0n) is 12.6. The van der Waals surface area contributed by atoms with Gasteiger partial charge in [-0.3, -0.25) is 9.59 Å². The molecule has 0 aliphatic carbocycles. The molecule has 20 heavy (non-hydrogen) atoms. The first-order chi connectivity index (χ1) is 9.38. The summed E-state index contributed by atoms with van der Waals surface area (Å²) in [7, 11) is 0. The van der Waals surface area contributed by atoms with Crippen LogP contribution < -0.4 is 10.2 Å². The number of carbonyl (C=O) groups is 2. The van der Waals surface area contributed by atoms with E-state index in [1.54, 1.807) is 4.90 Å². The van der Waals surface area contributed by atoms with Gasteiger partial charge in [-0.05, 0) is 37.1 Å². The van der Waals surface area contributed by atoms with Crippen LogP contribution in [0.3, 0.4) is 0 Å². The topological polar surface area (TPSA) is 49.4 Å². The third kappa shape index (κ3) is 3.00. The number of aryl methyl sites for hydroxylation is 2. The van der Waals surface area contributed by atoms with Gasteiger partial charge in [0.2, 0.25) is 11.8 Å². The molecule has 1 aromatic carbocycles. The molecule has 1 unspecified atom stereocenters. The minimum absolute atomic E-state index is 0.00439. The molecule has 4 nitrogen and oxygen atoms in total. The van der Waals surface area contributed by atoms with Crippen molar-refractivity contribution >= 4 is 17.5 Å². The molecular formula is C16H22N2O2. The third-order valence-corrected chi connectivity index (χ3v) is 3.80. The van der Waals surface area contributed by atoms with E-state index in [0.717, 1.165) is 5.69 Å². The summed E-state index contributed by atoms with van der Waals surface area (Å²) in [6.45, 7) is 8.36. The van der Waals surface area contributed by atoms with Crippen LogP contribution in [0.1, 0.15) is 31.4 Å². The Hall–Kier alpha value is -1.84. The summed E-state index contributed by atoms with van der Waals surface area (Å²) < 4.78 is 0. The highest BCUT2D eigenvalue weighted by molar-refractivity contribution is 5.97. The van der Waals surface area contributed by atoms with E-state index in [2.05, 4.69) is 12.2 Å². The quantitative estimate of drug-likeness (QED) is 0.918. The molecular weight excluding hydrogens is 252 g/mol. The Morgan fingerprint density at radius 1 is 1.30 bits per heavy atom. The number of nitrogens with one attached hydrogen (secondary N) is 1. The first kappa shape index (κ1) is 14.6. The van der Waals surface area contributed by atoms with E-state index < -0.39 is 0 Å². The maximum absolute atomic E-state index is 12.1. The molecule has 0 saturated carbocycles. The maximum Gasteiger partial charge on any atom is 0.229 e. The van der Waals surface area contributed by atoms with Crippen molar-refractivity contribution in [2.75, 3.05) is 11.4 Å². The summed E-state index contributed by atoms with van der Waals surface area (Å²) in [5, 5.41) is 2.93. The van der Waals surface area contributed by atoms with E-state index in [-0.39, 0.29) is 23.8 Å². The van der Waals surface area contributed by atoms with Gasteiger partial charge >= 0.3 is 0 Å². The molecule has 0 spiro atoms. The molecule has 0 bridgehead atoms. The molecule has 1 aliphatic heterocycles. The highest BCUT2D eigenvalue weighted by Crippen LogP contribution is 2.24. The minimum Gasteiger partial charge on any atom is -0.351 e. The Kier molecular flexibility index (Phi) is 4.12. The second-order valence-corrected chi connectivity index (χ2v) is 5.84. The Bertz CT molecular complexity index is 537. The lowest BCUT2D eigenvalue weighted by atomic mass is 10.1. The Morgan fingerprint density at radius 2 is 2.00 bits per heavy atom. The fourth-order valence-electron chi connectivity index (χ4n) is 2.32. The summed E-state index contributed by atoms with van der Waals surface area (Å²) in [6.07, 6.45) is 0.380. The van der Waals surface area contributed by atoms with Gasteiger partial charge in [-0.25, -0.2) is 0 Å². The molecule has 2 rings (SSSR count). The molecule has 1 aromatic rings. The molecule has 1 N–H and O–H groups in total. The van der Waals surface area contributed by atoms with E-state index in [4.69, 9.17) is 0 Å². The zero-order valence-corrected chi connectivity index (χ0v) is 12.6. The molecule has 1 aliphatic rings. The van der Waals surface area contributed by atoms with Gasteiger partial charge in [0.05, 0.1) is 6.04 Å². The highest BCUT2D eigenvalue weighted by Gasteiger charge is 2.31. The standard InChI is InChI=1S/C16H22N2O2/c1-10(2)16(20)17-13-8-15(19)18(9-13)14-6-5-11(3)12(4)7-14/h5-7,10,13H,8-9H2,1-4H3,(H,17,20). The fourth-order valence-corrected chi connectivity index (χ4v) is 2.32. The lowest BCUT2D eigenvalue weighted by Gasteiger charge is -2.19. The van der Waals surface area contributed by atoms with Gasteiger partial charge < -0.3 is 10.2 Å².